The van der Waals surface area contributed by atoms with E-state index in [1.807, 2.05) is 12.1 Å². The summed E-state index contributed by atoms with van der Waals surface area (Å²) in [5.41, 5.74) is 0. The number of ether oxygens (including phenoxy) is 1. The number of amides is 1. The van der Waals surface area contributed by atoms with E-state index in [0.717, 1.165) is 16.7 Å². The van der Waals surface area contributed by atoms with E-state index < -0.39 is 6.09 Å². The summed E-state index contributed by atoms with van der Waals surface area (Å²) >= 11 is 1.64. The SMILES string of the molecule is C1=CC2CC2C=C1.COC(=O)N[C@@H]1CC(=O)C[C@@H]1Sc1ccc2ccccc2c1.[HH]. The summed E-state index contributed by atoms with van der Waals surface area (Å²) in [5.74, 6) is 2.05. The number of methoxy groups -OCH3 is 1. The minimum absolute atomic E-state index is 0. The van der Waals surface area contributed by atoms with Crippen molar-refractivity contribution in [1.82, 2.24) is 5.32 Å². The van der Waals surface area contributed by atoms with Crippen molar-refractivity contribution in [2.45, 2.75) is 35.4 Å². The summed E-state index contributed by atoms with van der Waals surface area (Å²) < 4.78 is 4.63. The number of carbonyl (C=O) groups excluding carboxylic acids is 2. The van der Waals surface area contributed by atoms with E-state index in [4.69, 9.17) is 0 Å². The normalized spacial score (nSPS) is 26.4. The number of benzene rings is 2. The van der Waals surface area contributed by atoms with E-state index in [1.54, 1.807) is 11.8 Å². The van der Waals surface area contributed by atoms with E-state index in [2.05, 4.69) is 64.7 Å². The largest absolute Gasteiger partial charge is 0.453 e. The van der Waals surface area contributed by atoms with Gasteiger partial charge in [-0.3, -0.25) is 4.79 Å². The predicted molar refractivity (Wildman–Crippen MR) is 119 cm³/mol. The number of thioether (sulfide) groups is 1. The van der Waals surface area contributed by atoms with Crippen LogP contribution < -0.4 is 5.32 Å². The summed E-state index contributed by atoms with van der Waals surface area (Å²) in [4.78, 5) is 24.2. The fourth-order valence-corrected chi connectivity index (χ4v) is 5.10. The highest BCUT2D eigenvalue weighted by Gasteiger charge is 2.35. The molecule has 0 aromatic heterocycles. The van der Waals surface area contributed by atoms with Crippen LogP contribution >= 0.6 is 11.8 Å². The first-order valence-electron chi connectivity index (χ1n) is 9.99. The minimum Gasteiger partial charge on any atom is -0.453 e. The van der Waals surface area contributed by atoms with Gasteiger partial charge in [-0.1, -0.05) is 54.6 Å². The molecule has 29 heavy (non-hydrogen) atoms. The molecule has 3 aliphatic carbocycles. The maximum atomic E-state index is 11.7. The summed E-state index contributed by atoms with van der Waals surface area (Å²) in [6.07, 6.45) is 10.7. The molecule has 2 aromatic carbocycles. The van der Waals surface area contributed by atoms with Gasteiger partial charge in [0.05, 0.1) is 13.2 Å². The number of allylic oxidation sites excluding steroid dienone is 4. The van der Waals surface area contributed by atoms with Crippen molar-refractivity contribution in [3.8, 4) is 0 Å². The second-order valence-corrected chi connectivity index (χ2v) is 9.00. The van der Waals surface area contributed by atoms with Crippen LogP contribution in [0, 0.1) is 11.8 Å². The molecular formula is C24H27NO3S. The molecule has 4 atom stereocenters. The standard InChI is InChI=1S/C17H17NO3S.C7H8.H2/c1-21-17(20)18-15-9-13(19)10-16(15)22-14-7-6-11-4-2-3-5-12(11)8-14;1-2-4-7-5-6(7)3-1;/h2-8,15-16H,9-10H2,1H3,(H,18,20);1-4,6-7H,5H2;1H/t15-,16+;;/m1../s1. The lowest BCUT2D eigenvalue weighted by molar-refractivity contribution is -0.117. The number of fused-ring (bicyclic) bond motifs is 2. The third kappa shape index (κ3) is 5.10. The molecule has 4 nitrogen and oxygen atoms in total. The van der Waals surface area contributed by atoms with Crippen molar-refractivity contribution >= 4 is 34.4 Å². The maximum absolute atomic E-state index is 11.7. The molecule has 0 spiro atoms. The molecule has 0 saturated heterocycles. The van der Waals surface area contributed by atoms with Crippen LogP contribution in [0.3, 0.4) is 0 Å². The molecule has 0 heterocycles. The number of carbonyl (C=O) groups is 2. The lowest BCUT2D eigenvalue weighted by Crippen LogP contribution is -2.38. The fourth-order valence-electron chi connectivity index (χ4n) is 3.81. The molecule has 2 fully saturated rings. The Bertz CT molecular complexity index is 958. The summed E-state index contributed by atoms with van der Waals surface area (Å²) in [6.45, 7) is 0. The fraction of sp³-hybridized carbons (Fsp3) is 0.333. The van der Waals surface area contributed by atoms with Gasteiger partial charge in [-0.2, -0.15) is 0 Å². The Morgan fingerprint density at radius 1 is 1.07 bits per heavy atom. The zero-order valence-corrected chi connectivity index (χ0v) is 17.2. The summed E-state index contributed by atoms with van der Waals surface area (Å²) in [5, 5.41) is 5.18. The van der Waals surface area contributed by atoms with Gasteiger partial charge in [-0.05, 0) is 41.2 Å². The molecule has 1 N–H and O–H groups in total. The van der Waals surface area contributed by atoms with E-state index in [1.165, 1.54) is 24.3 Å². The second-order valence-electron chi connectivity index (χ2n) is 7.69. The molecule has 5 heteroatoms. The Morgan fingerprint density at radius 2 is 1.79 bits per heavy atom. The molecule has 0 radical (unpaired) electrons. The van der Waals surface area contributed by atoms with Crippen LogP contribution in [0.2, 0.25) is 0 Å². The minimum atomic E-state index is -0.483. The van der Waals surface area contributed by atoms with Crippen molar-refractivity contribution in [2.24, 2.45) is 11.8 Å². The second kappa shape index (κ2) is 8.87. The maximum Gasteiger partial charge on any atom is 0.407 e. The van der Waals surface area contributed by atoms with Gasteiger partial charge in [-0.25, -0.2) is 4.79 Å². The highest BCUT2D eigenvalue weighted by Crippen LogP contribution is 2.42. The predicted octanol–water partition coefficient (Wildman–Crippen LogP) is 5.38. The summed E-state index contributed by atoms with van der Waals surface area (Å²) in [7, 11) is 1.33. The van der Waals surface area contributed by atoms with Crippen molar-refractivity contribution in [3.05, 3.63) is 66.8 Å². The Hall–Kier alpha value is -2.53. The molecule has 0 bridgehead atoms. The summed E-state index contributed by atoms with van der Waals surface area (Å²) in [6, 6.07) is 14.3. The first-order valence-corrected chi connectivity index (χ1v) is 10.9. The third-order valence-corrected chi connectivity index (χ3v) is 6.87. The molecular weight excluding hydrogens is 382 g/mol. The number of ketones is 1. The monoisotopic (exact) mass is 409 g/mol. The lowest BCUT2D eigenvalue weighted by atomic mass is 10.1. The van der Waals surface area contributed by atoms with E-state index in [9.17, 15) is 9.59 Å². The van der Waals surface area contributed by atoms with Crippen molar-refractivity contribution < 1.29 is 15.8 Å². The third-order valence-electron chi connectivity index (χ3n) is 5.54. The van der Waals surface area contributed by atoms with Gasteiger partial charge in [0.15, 0.2) is 0 Å². The molecule has 2 saturated carbocycles. The average molecular weight is 410 g/mol. The first-order chi connectivity index (χ1) is 14.1. The van der Waals surface area contributed by atoms with Crippen LogP contribution in [0.1, 0.15) is 20.7 Å². The number of alkyl carbamates (subject to hydrolysis) is 1. The molecule has 0 aliphatic heterocycles. The van der Waals surface area contributed by atoms with Crippen LogP contribution in [0.15, 0.2) is 71.7 Å². The van der Waals surface area contributed by atoms with Crippen LogP contribution in [-0.4, -0.2) is 30.3 Å². The lowest BCUT2D eigenvalue weighted by Gasteiger charge is -2.19. The number of nitrogens with one attached hydrogen (secondary N) is 1. The van der Waals surface area contributed by atoms with Crippen molar-refractivity contribution in [2.75, 3.05) is 7.11 Å². The van der Waals surface area contributed by atoms with Gasteiger partial charge >= 0.3 is 6.09 Å². The van der Waals surface area contributed by atoms with Crippen molar-refractivity contribution in [1.29, 1.82) is 0 Å². The Kier molecular flexibility index (Phi) is 6.05. The smallest absolute Gasteiger partial charge is 0.407 e. The van der Waals surface area contributed by atoms with Crippen LogP contribution in [0.25, 0.3) is 10.8 Å². The quantitative estimate of drug-likeness (QED) is 0.739. The highest BCUT2D eigenvalue weighted by atomic mass is 32.2. The van der Waals surface area contributed by atoms with Crippen molar-refractivity contribution in [3.63, 3.8) is 0 Å². The molecule has 1 amide bonds. The van der Waals surface area contributed by atoms with E-state index in [0.29, 0.717) is 12.8 Å². The first kappa shape index (κ1) is 19.8. The molecule has 2 unspecified atom stereocenters. The van der Waals surface area contributed by atoms with Gasteiger partial charge < -0.3 is 10.1 Å². The number of hydrogen-bond acceptors (Lipinski definition) is 4. The van der Waals surface area contributed by atoms with Crippen LogP contribution in [-0.2, 0) is 9.53 Å². The zero-order valence-electron chi connectivity index (χ0n) is 16.4. The van der Waals surface area contributed by atoms with Gasteiger partial charge in [0.2, 0.25) is 0 Å². The number of Topliss-reactive ketones (excluding diaryl/α,β-unsaturated/α-hetero) is 1. The molecule has 3 aliphatic rings. The van der Waals surface area contributed by atoms with Gasteiger partial charge in [-0.15, -0.1) is 11.8 Å². The number of rotatable bonds is 3. The highest BCUT2D eigenvalue weighted by molar-refractivity contribution is 8.00. The Labute approximate surface area is 176 Å². The molecule has 2 aromatic rings. The Morgan fingerprint density at radius 3 is 2.48 bits per heavy atom. The zero-order chi connectivity index (χ0) is 20.2. The van der Waals surface area contributed by atoms with Gasteiger partial charge in [0.25, 0.3) is 0 Å². The molecule has 152 valence electrons. The van der Waals surface area contributed by atoms with Gasteiger partial charge in [0.1, 0.15) is 5.78 Å². The van der Waals surface area contributed by atoms with E-state index in [-0.39, 0.29) is 18.5 Å². The van der Waals surface area contributed by atoms with E-state index >= 15 is 0 Å². The molecule has 5 rings (SSSR count). The topological polar surface area (TPSA) is 55.4 Å². The number of hydrogen-bond donors (Lipinski definition) is 1. The van der Waals surface area contributed by atoms with Crippen LogP contribution in [0.5, 0.6) is 0 Å². The van der Waals surface area contributed by atoms with Crippen LogP contribution in [0.4, 0.5) is 4.79 Å². The van der Waals surface area contributed by atoms with Gasteiger partial charge in [0, 0.05) is 24.4 Å². The Balaban J connectivity index is 0.000000268. The average Bonchev–Trinajstić information content (AvgIpc) is 3.45.